The number of aromatic nitrogens is 2. The summed E-state index contributed by atoms with van der Waals surface area (Å²) in [5, 5.41) is 3.03. The third kappa shape index (κ3) is 2.64. The average Bonchev–Trinajstić information content (AvgIpc) is 2.87. The van der Waals surface area contributed by atoms with E-state index in [2.05, 4.69) is 11.6 Å². The highest BCUT2D eigenvalue weighted by molar-refractivity contribution is 7.17. The molecule has 0 saturated heterocycles. The molecule has 0 aliphatic heterocycles. The summed E-state index contributed by atoms with van der Waals surface area (Å²) in [7, 11) is 0. The van der Waals surface area contributed by atoms with Crippen molar-refractivity contribution in [2.75, 3.05) is 0 Å². The molecule has 21 heavy (non-hydrogen) atoms. The second kappa shape index (κ2) is 5.47. The second-order valence-electron chi connectivity index (χ2n) is 4.89. The van der Waals surface area contributed by atoms with Crippen molar-refractivity contribution in [3.8, 4) is 11.1 Å². The maximum absolute atomic E-state index is 12.6. The summed E-state index contributed by atoms with van der Waals surface area (Å²) in [5.74, 6) is 0. The van der Waals surface area contributed by atoms with Gasteiger partial charge in [0, 0.05) is 16.0 Å². The van der Waals surface area contributed by atoms with Gasteiger partial charge in [0.15, 0.2) is 0 Å². The van der Waals surface area contributed by atoms with Gasteiger partial charge in [0.2, 0.25) is 0 Å². The lowest BCUT2D eigenvalue weighted by molar-refractivity contribution is 0.760. The molecule has 0 atom stereocenters. The van der Waals surface area contributed by atoms with Gasteiger partial charge in [-0.25, -0.2) is 4.98 Å². The van der Waals surface area contributed by atoms with Crippen molar-refractivity contribution < 1.29 is 0 Å². The molecule has 0 spiro atoms. The van der Waals surface area contributed by atoms with Crippen LogP contribution in [0.2, 0.25) is 0 Å². The maximum atomic E-state index is 12.6. The van der Waals surface area contributed by atoms with Crippen molar-refractivity contribution in [1.82, 2.24) is 9.55 Å². The maximum Gasteiger partial charge on any atom is 0.263 e. The predicted octanol–water partition coefficient (Wildman–Crippen LogP) is 4.19. The summed E-state index contributed by atoms with van der Waals surface area (Å²) >= 11 is 7.28. The molecule has 0 amide bonds. The number of rotatable bonds is 3. The van der Waals surface area contributed by atoms with E-state index in [0.29, 0.717) is 10.4 Å². The van der Waals surface area contributed by atoms with Crippen LogP contribution < -0.4 is 5.56 Å². The molecular weight excluding hydrogens is 304 g/mol. The number of hydrogen-bond donors (Lipinski definition) is 0. The molecule has 0 aliphatic carbocycles. The molecular formula is C16H13ClN2OS. The number of hydrogen-bond acceptors (Lipinski definition) is 3. The van der Waals surface area contributed by atoms with E-state index in [4.69, 9.17) is 11.6 Å². The minimum atomic E-state index is -0.0846. The lowest BCUT2D eigenvalue weighted by Crippen LogP contribution is -2.20. The number of fused-ring (bicyclic) bond motifs is 1. The van der Waals surface area contributed by atoms with Crippen molar-refractivity contribution in [2.45, 2.75) is 13.5 Å². The van der Waals surface area contributed by atoms with Gasteiger partial charge in [0.25, 0.3) is 5.56 Å². The van der Waals surface area contributed by atoms with E-state index in [1.54, 1.807) is 0 Å². The standard InChI is InChI=1S/C16H13ClN2OS/c1-10-3-5-12(6-4-10)13-8-21-15-14(13)16(20)19(9-18-15)7-11(2)17/h3-6,8-9H,2,7H2,1H3. The molecule has 0 radical (unpaired) electrons. The average molecular weight is 317 g/mol. The van der Waals surface area contributed by atoms with Crippen LogP contribution in [-0.4, -0.2) is 9.55 Å². The van der Waals surface area contributed by atoms with Crippen LogP contribution in [0.15, 0.2) is 52.4 Å². The van der Waals surface area contributed by atoms with Gasteiger partial charge in [-0.15, -0.1) is 11.3 Å². The highest BCUT2D eigenvalue weighted by Gasteiger charge is 2.13. The number of benzene rings is 1. The monoisotopic (exact) mass is 316 g/mol. The van der Waals surface area contributed by atoms with Crippen molar-refractivity contribution >= 4 is 33.2 Å². The fourth-order valence-corrected chi connectivity index (χ4v) is 3.25. The Hall–Kier alpha value is -1.91. The molecule has 0 unspecified atom stereocenters. The minimum absolute atomic E-state index is 0.0846. The van der Waals surface area contributed by atoms with Crippen LogP contribution in [0.5, 0.6) is 0 Å². The Balaban J connectivity index is 2.22. The van der Waals surface area contributed by atoms with Gasteiger partial charge < -0.3 is 0 Å². The van der Waals surface area contributed by atoms with Crippen molar-refractivity contribution in [1.29, 1.82) is 0 Å². The summed E-state index contributed by atoms with van der Waals surface area (Å²) < 4.78 is 1.49. The molecule has 2 aromatic heterocycles. The van der Waals surface area contributed by atoms with Gasteiger partial charge in [-0.1, -0.05) is 48.0 Å². The zero-order chi connectivity index (χ0) is 15.0. The lowest BCUT2D eigenvalue weighted by Gasteiger charge is -2.05. The summed E-state index contributed by atoms with van der Waals surface area (Å²) in [6, 6.07) is 8.12. The van der Waals surface area contributed by atoms with Gasteiger partial charge in [-0.05, 0) is 12.5 Å². The summed E-state index contributed by atoms with van der Waals surface area (Å²) in [6.07, 6.45) is 1.52. The second-order valence-corrected chi connectivity index (χ2v) is 6.28. The number of thiophene rings is 1. The van der Waals surface area contributed by atoms with Gasteiger partial charge in [-0.2, -0.15) is 0 Å². The first-order chi connectivity index (χ1) is 10.1. The lowest BCUT2D eigenvalue weighted by atomic mass is 10.1. The van der Waals surface area contributed by atoms with E-state index in [0.717, 1.165) is 16.0 Å². The molecule has 3 aromatic rings. The number of aryl methyl sites for hydroxylation is 1. The van der Waals surface area contributed by atoms with Crippen LogP contribution >= 0.6 is 22.9 Å². The van der Waals surface area contributed by atoms with Crippen LogP contribution in [0.4, 0.5) is 0 Å². The van der Waals surface area contributed by atoms with Gasteiger partial charge in [-0.3, -0.25) is 9.36 Å². The smallest absolute Gasteiger partial charge is 0.263 e. The molecule has 106 valence electrons. The van der Waals surface area contributed by atoms with Gasteiger partial charge in [0.1, 0.15) is 4.83 Å². The third-order valence-corrected chi connectivity index (χ3v) is 4.27. The summed E-state index contributed by atoms with van der Waals surface area (Å²) in [4.78, 5) is 17.7. The van der Waals surface area contributed by atoms with E-state index in [9.17, 15) is 4.79 Å². The van der Waals surface area contributed by atoms with E-state index in [1.165, 1.54) is 27.8 Å². The van der Waals surface area contributed by atoms with Gasteiger partial charge in [0.05, 0.1) is 18.3 Å². The van der Waals surface area contributed by atoms with E-state index in [1.807, 2.05) is 36.6 Å². The molecule has 2 heterocycles. The highest BCUT2D eigenvalue weighted by atomic mass is 35.5. The first-order valence-electron chi connectivity index (χ1n) is 6.43. The topological polar surface area (TPSA) is 34.9 Å². The molecule has 0 N–H and O–H groups in total. The molecule has 0 fully saturated rings. The van der Waals surface area contributed by atoms with Crippen LogP contribution in [0.25, 0.3) is 21.3 Å². The predicted molar refractivity (Wildman–Crippen MR) is 89.0 cm³/mol. The van der Waals surface area contributed by atoms with Crippen LogP contribution in [-0.2, 0) is 6.54 Å². The largest absolute Gasteiger partial charge is 0.293 e. The Bertz CT molecular complexity index is 877. The SMILES string of the molecule is C=C(Cl)Cn1cnc2scc(-c3ccc(C)cc3)c2c1=O. The van der Waals surface area contributed by atoms with Crippen LogP contribution in [0.1, 0.15) is 5.56 Å². The quantitative estimate of drug-likeness (QED) is 0.726. The van der Waals surface area contributed by atoms with Crippen molar-refractivity contribution in [3.05, 3.63) is 63.5 Å². The normalized spacial score (nSPS) is 11.0. The van der Waals surface area contributed by atoms with E-state index >= 15 is 0 Å². The first kappa shape index (κ1) is 14.0. The Morgan fingerprint density at radius 3 is 2.76 bits per heavy atom. The van der Waals surface area contributed by atoms with Gasteiger partial charge >= 0.3 is 0 Å². The van der Waals surface area contributed by atoms with Crippen LogP contribution in [0.3, 0.4) is 0 Å². The first-order valence-corrected chi connectivity index (χ1v) is 7.69. The fraction of sp³-hybridized carbons (Fsp3) is 0.125. The molecule has 0 bridgehead atoms. The van der Waals surface area contributed by atoms with Crippen molar-refractivity contribution in [2.24, 2.45) is 0 Å². The summed E-state index contributed by atoms with van der Waals surface area (Å²) in [5.41, 5.74) is 3.04. The zero-order valence-electron chi connectivity index (χ0n) is 11.5. The highest BCUT2D eigenvalue weighted by Crippen LogP contribution is 2.30. The molecule has 5 heteroatoms. The molecule has 0 aliphatic rings. The Kier molecular flexibility index (Phi) is 3.66. The molecule has 3 nitrogen and oxygen atoms in total. The van der Waals surface area contributed by atoms with Crippen LogP contribution in [0, 0.1) is 6.92 Å². The number of nitrogens with zero attached hydrogens (tertiary/aromatic N) is 2. The van der Waals surface area contributed by atoms with E-state index < -0.39 is 0 Å². The number of allylic oxidation sites excluding steroid dienone is 1. The van der Waals surface area contributed by atoms with E-state index in [-0.39, 0.29) is 12.1 Å². The number of halogens is 1. The fourth-order valence-electron chi connectivity index (χ4n) is 2.21. The van der Waals surface area contributed by atoms with Crippen molar-refractivity contribution in [3.63, 3.8) is 0 Å². The summed E-state index contributed by atoms with van der Waals surface area (Å²) in [6.45, 7) is 5.94. The molecule has 0 saturated carbocycles. The Morgan fingerprint density at radius 1 is 1.38 bits per heavy atom. The third-order valence-electron chi connectivity index (χ3n) is 3.27. The zero-order valence-corrected chi connectivity index (χ0v) is 13.0. The molecule has 1 aromatic carbocycles. The minimum Gasteiger partial charge on any atom is -0.293 e. The Morgan fingerprint density at radius 2 is 2.10 bits per heavy atom. The molecule has 3 rings (SSSR count). The Labute approximate surface area is 131 Å².